The third kappa shape index (κ3) is 1.72. The van der Waals surface area contributed by atoms with E-state index in [0.717, 1.165) is 11.3 Å². The van der Waals surface area contributed by atoms with Crippen LogP contribution in [0.4, 0.5) is 5.69 Å². The number of benzene rings is 1. The summed E-state index contributed by atoms with van der Waals surface area (Å²) in [7, 11) is -3.44. The minimum Gasteiger partial charge on any atom is -0.254 e. The SMILES string of the molecule is C=CCN1c2ccccc2C(C)NS1(=O)=O. The van der Waals surface area contributed by atoms with Crippen molar-refractivity contribution in [2.24, 2.45) is 0 Å². The Balaban J connectivity index is 2.58. The van der Waals surface area contributed by atoms with E-state index in [1.807, 2.05) is 31.2 Å². The van der Waals surface area contributed by atoms with Gasteiger partial charge in [-0.05, 0) is 18.6 Å². The molecular weight excluding hydrogens is 224 g/mol. The fraction of sp³-hybridized carbons (Fsp3) is 0.273. The smallest absolute Gasteiger partial charge is 0.254 e. The maximum absolute atomic E-state index is 11.9. The van der Waals surface area contributed by atoms with E-state index in [4.69, 9.17) is 0 Å². The number of anilines is 1. The normalized spacial score (nSPS) is 22.6. The van der Waals surface area contributed by atoms with Gasteiger partial charge in [0.25, 0.3) is 0 Å². The van der Waals surface area contributed by atoms with Gasteiger partial charge >= 0.3 is 10.2 Å². The Labute approximate surface area is 95.8 Å². The van der Waals surface area contributed by atoms with Gasteiger partial charge in [-0.15, -0.1) is 6.58 Å². The molecule has 4 nitrogen and oxygen atoms in total. The molecule has 1 aliphatic heterocycles. The first-order valence-corrected chi connectivity index (χ1v) is 6.50. The molecule has 0 radical (unpaired) electrons. The number of hydrogen-bond donors (Lipinski definition) is 1. The molecule has 1 aromatic rings. The lowest BCUT2D eigenvalue weighted by atomic mass is 10.1. The summed E-state index contributed by atoms with van der Waals surface area (Å²) in [5.41, 5.74) is 1.72. The lowest BCUT2D eigenvalue weighted by Crippen LogP contribution is -2.46. The van der Waals surface area contributed by atoms with Gasteiger partial charge in [0.05, 0.1) is 12.2 Å². The van der Waals surface area contributed by atoms with E-state index in [2.05, 4.69) is 11.3 Å². The van der Waals surface area contributed by atoms with E-state index in [9.17, 15) is 8.42 Å². The van der Waals surface area contributed by atoms with Crippen LogP contribution in [-0.4, -0.2) is 15.0 Å². The minimum absolute atomic E-state index is 0.192. The van der Waals surface area contributed by atoms with Crippen LogP contribution in [0.3, 0.4) is 0 Å². The summed E-state index contributed by atoms with van der Waals surface area (Å²) in [5.74, 6) is 0. The summed E-state index contributed by atoms with van der Waals surface area (Å²) in [6, 6.07) is 7.29. The highest BCUT2D eigenvalue weighted by Crippen LogP contribution is 2.32. The van der Waals surface area contributed by atoms with Gasteiger partial charge in [0, 0.05) is 6.04 Å². The zero-order chi connectivity index (χ0) is 11.8. The van der Waals surface area contributed by atoms with Crippen molar-refractivity contribution in [1.29, 1.82) is 0 Å². The number of hydrogen-bond acceptors (Lipinski definition) is 2. The fourth-order valence-corrected chi connectivity index (χ4v) is 3.30. The summed E-state index contributed by atoms with van der Waals surface area (Å²) in [6.07, 6.45) is 1.58. The fourth-order valence-electron chi connectivity index (χ4n) is 1.87. The van der Waals surface area contributed by atoms with Crippen molar-refractivity contribution in [3.63, 3.8) is 0 Å². The molecular formula is C11H14N2O2S. The molecule has 5 heteroatoms. The summed E-state index contributed by atoms with van der Waals surface area (Å²) < 4.78 is 27.7. The second-order valence-corrected chi connectivity index (χ2v) is 5.35. The molecule has 0 saturated heterocycles. The summed E-state index contributed by atoms with van der Waals surface area (Å²) in [4.78, 5) is 0. The third-order valence-electron chi connectivity index (χ3n) is 2.58. The van der Waals surface area contributed by atoms with E-state index in [-0.39, 0.29) is 12.6 Å². The molecule has 1 unspecified atom stereocenters. The van der Waals surface area contributed by atoms with Crippen LogP contribution < -0.4 is 9.03 Å². The highest BCUT2D eigenvalue weighted by Gasteiger charge is 2.31. The first kappa shape index (κ1) is 11.2. The quantitative estimate of drug-likeness (QED) is 0.795. The zero-order valence-electron chi connectivity index (χ0n) is 9.05. The number of rotatable bonds is 2. The monoisotopic (exact) mass is 238 g/mol. The van der Waals surface area contributed by atoms with Crippen LogP contribution in [0.5, 0.6) is 0 Å². The number of fused-ring (bicyclic) bond motifs is 1. The molecule has 1 N–H and O–H groups in total. The standard InChI is InChI=1S/C11H14N2O2S/c1-3-8-13-11-7-5-4-6-10(11)9(2)12-16(13,14)15/h3-7,9,12H,1,8H2,2H3. The summed E-state index contributed by atoms with van der Waals surface area (Å²) >= 11 is 0. The zero-order valence-corrected chi connectivity index (χ0v) is 9.87. The lowest BCUT2D eigenvalue weighted by molar-refractivity contribution is 0.556. The summed E-state index contributed by atoms with van der Waals surface area (Å²) in [6.45, 7) is 5.69. The van der Waals surface area contributed by atoms with Crippen molar-refractivity contribution in [3.8, 4) is 0 Å². The average Bonchev–Trinajstić information content (AvgIpc) is 2.23. The summed E-state index contributed by atoms with van der Waals surface area (Å²) in [5, 5.41) is 0. The Bertz CT molecular complexity index is 510. The third-order valence-corrected chi connectivity index (χ3v) is 4.16. The molecule has 0 fully saturated rings. The van der Waals surface area contributed by atoms with E-state index in [1.54, 1.807) is 6.08 Å². The lowest BCUT2D eigenvalue weighted by Gasteiger charge is -2.33. The highest BCUT2D eigenvalue weighted by molar-refractivity contribution is 7.91. The van der Waals surface area contributed by atoms with Gasteiger partial charge in [-0.3, -0.25) is 4.31 Å². The van der Waals surface area contributed by atoms with Crippen molar-refractivity contribution in [1.82, 2.24) is 4.72 Å². The van der Waals surface area contributed by atoms with Crippen molar-refractivity contribution >= 4 is 15.9 Å². The topological polar surface area (TPSA) is 49.4 Å². The van der Waals surface area contributed by atoms with Gasteiger partial charge < -0.3 is 0 Å². The predicted molar refractivity (Wildman–Crippen MR) is 64.5 cm³/mol. The molecule has 2 rings (SSSR count). The maximum atomic E-state index is 11.9. The molecule has 1 aromatic carbocycles. The molecule has 0 spiro atoms. The van der Waals surface area contributed by atoms with Crippen molar-refractivity contribution in [2.45, 2.75) is 13.0 Å². The van der Waals surface area contributed by atoms with Gasteiger partial charge in [0.2, 0.25) is 0 Å². The molecule has 86 valence electrons. The van der Waals surface area contributed by atoms with Crippen LogP contribution in [0, 0.1) is 0 Å². The van der Waals surface area contributed by atoms with Crippen LogP contribution in [0.15, 0.2) is 36.9 Å². The molecule has 16 heavy (non-hydrogen) atoms. The second kappa shape index (κ2) is 3.92. The number of nitrogens with zero attached hydrogens (tertiary/aromatic N) is 1. The Morgan fingerprint density at radius 3 is 2.88 bits per heavy atom. The van der Waals surface area contributed by atoms with Crippen LogP contribution in [-0.2, 0) is 10.2 Å². The first-order valence-electron chi connectivity index (χ1n) is 5.06. The van der Waals surface area contributed by atoms with Gasteiger partial charge in [-0.2, -0.15) is 13.1 Å². The van der Waals surface area contributed by atoms with E-state index in [0.29, 0.717) is 0 Å². The molecule has 0 aromatic heterocycles. The Hall–Kier alpha value is -1.33. The molecule has 1 aliphatic rings. The van der Waals surface area contributed by atoms with E-state index >= 15 is 0 Å². The van der Waals surface area contributed by atoms with Crippen molar-refractivity contribution in [2.75, 3.05) is 10.8 Å². The van der Waals surface area contributed by atoms with E-state index < -0.39 is 10.2 Å². The molecule has 0 saturated carbocycles. The van der Waals surface area contributed by atoms with Crippen LogP contribution >= 0.6 is 0 Å². The number of nitrogens with one attached hydrogen (secondary N) is 1. The molecule has 0 bridgehead atoms. The molecule has 0 amide bonds. The molecule has 0 aliphatic carbocycles. The first-order chi connectivity index (χ1) is 7.56. The van der Waals surface area contributed by atoms with E-state index in [1.165, 1.54) is 4.31 Å². The highest BCUT2D eigenvalue weighted by atomic mass is 32.2. The largest absolute Gasteiger partial charge is 0.302 e. The maximum Gasteiger partial charge on any atom is 0.302 e. The predicted octanol–water partition coefficient (Wildman–Crippen LogP) is 1.59. The second-order valence-electron chi connectivity index (χ2n) is 3.72. The Morgan fingerprint density at radius 1 is 1.50 bits per heavy atom. The average molecular weight is 238 g/mol. The molecule has 1 heterocycles. The Kier molecular flexibility index (Phi) is 2.73. The Morgan fingerprint density at radius 2 is 2.19 bits per heavy atom. The number of para-hydroxylation sites is 1. The van der Waals surface area contributed by atoms with Crippen molar-refractivity contribution < 1.29 is 8.42 Å². The van der Waals surface area contributed by atoms with Crippen LogP contribution in [0.2, 0.25) is 0 Å². The van der Waals surface area contributed by atoms with Crippen molar-refractivity contribution in [3.05, 3.63) is 42.5 Å². The van der Waals surface area contributed by atoms with Gasteiger partial charge in [-0.1, -0.05) is 24.3 Å². The van der Waals surface area contributed by atoms with Gasteiger partial charge in [0.1, 0.15) is 0 Å². The van der Waals surface area contributed by atoms with Gasteiger partial charge in [0.15, 0.2) is 0 Å². The van der Waals surface area contributed by atoms with Gasteiger partial charge in [-0.25, -0.2) is 0 Å². The van der Waals surface area contributed by atoms with Crippen LogP contribution in [0.1, 0.15) is 18.5 Å². The van der Waals surface area contributed by atoms with Crippen LogP contribution in [0.25, 0.3) is 0 Å². The minimum atomic E-state index is -3.44. The molecule has 1 atom stereocenters.